The summed E-state index contributed by atoms with van der Waals surface area (Å²) in [6.45, 7) is 2.00. The first-order valence-corrected chi connectivity index (χ1v) is 6.79. The van der Waals surface area contributed by atoms with E-state index in [4.69, 9.17) is 14.2 Å². The zero-order valence-corrected chi connectivity index (χ0v) is 12.1. The molecule has 1 heterocycles. The van der Waals surface area contributed by atoms with Crippen LogP contribution in [0.1, 0.15) is 31.7 Å². The maximum atomic E-state index is 11.8. The molecule has 0 radical (unpaired) electrons. The van der Waals surface area contributed by atoms with Gasteiger partial charge in [0.15, 0.2) is 23.4 Å². The summed E-state index contributed by atoms with van der Waals surface area (Å²) in [6.07, 6.45) is 3.38. The average Bonchev–Trinajstić information content (AvgIpc) is 2.96. The Bertz CT molecular complexity index is 519. The highest BCUT2D eigenvalue weighted by molar-refractivity contribution is 5.86. The van der Waals surface area contributed by atoms with E-state index in [9.17, 15) is 4.79 Å². The third-order valence-electron chi connectivity index (χ3n) is 3.39. The van der Waals surface area contributed by atoms with Crippen molar-refractivity contribution in [2.75, 3.05) is 14.2 Å². The molecule has 20 heavy (non-hydrogen) atoms. The van der Waals surface area contributed by atoms with Crippen LogP contribution < -0.4 is 9.47 Å². The molecule has 1 aliphatic rings. The second-order valence-electron chi connectivity index (χ2n) is 4.76. The summed E-state index contributed by atoms with van der Waals surface area (Å²) in [5, 5.41) is 0. The van der Waals surface area contributed by atoms with Crippen molar-refractivity contribution < 1.29 is 19.0 Å². The highest BCUT2D eigenvalue weighted by Crippen LogP contribution is 2.34. The van der Waals surface area contributed by atoms with Crippen molar-refractivity contribution in [1.29, 1.82) is 0 Å². The second kappa shape index (κ2) is 6.46. The van der Waals surface area contributed by atoms with Crippen LogP contribution in [0, 0.1) is 0 Å². The van der Waals surface area contributed by atoms with Crippen LogP contribution in [0.2, 0.25) is 0 Å². The number of hydrogen-bond acceptors (Lipinski definition) is 4. The fourth-order valence-corrected chi connectivity index (χ4v) is 2.28. The molecule has 0 fully saturated rings. The second-order valence-corrected chi connectivity index (χ2v) is 4.76. The van der Waals surface area contributed by atoms with Crippen LogP contribution in [0.4, 0.5) is 0 Å². The number of rotatable bonds is 6. The minimum Gasteiger partial charge on any atom is -0.493 e. The summed E-state index contributed by atoms with van der Waals surface area (Å²) < 4.78 is 16.0. The van der Waals surface area contributed by atoms with Crippen LogP contribution in [0.5, 0.6) is 11.5 Å². The lowest BCUT2D eigenvalue weighted by Crippen LogP contribution is -2.18. The average molecular weight is 276 g/mol. The molecule has 1 aliphatic heterocycles. The quantitative estimate of drug-likeness (QED) is 0.800. The molecule has 4 nitrogen and oxygen atoms in total. The van der Waals surface area contributed by atoms with Crippen LogP contribution in [0.25, 0.3) is 5.57 Å². The van der Waals surface area contributed by atoms with Crippen molar-refractivity contribution in [3.05, 3.63) is 30.0 Å². The van der Waals surface area contributed by atoms with Crippen molar-refractivity contribution in [2.45, 2.75) is 32.3 Å². The van der Waals surface area contributed by atoms with Crippen LogP contribution >= 0.6 is 0 Å². The van der Waals surface area contributed by atoms with Gasteiger partial charge in [-0.25, -0.2) is 0 Å². The van der Waals surface area contributed by atoms with Gasteiger partial charge in [-0.15, -0.1) is 0 Å². The molecule has 2 rings (SSSR count). The molecule has 0 bridgehead atoms. The maximum absolute atomic E-state index is 11.8. The Morgan fingerprint density at radius 2 is 2.05 bits per heavy atom. The first-order chi connectivity index (χ1) is 9.69. The van der Waals surface area contributed by atoms with Gasteiger partial charge in [-0.1, -0.05) is 13.0 Å². The number of methoxy groups -OCH3 is 2. The van der Waals surface area contributed by atoms with Gasteiger partial charge in [-0.05, 0) is 29.7 Å². The van der Waals surface area contributed by atoms with E-state index in [1.54, 1.807) is 20.5 Å². The predicted octanol–water partition coefficient (Wildman–Crippen LogP) is 3.20. The van der Waals surface area contributed by atoms with E-state index >= 15 is 0 Å². The summed E-state index contributed by atoms with van der Waals surface area (Å²) in [4.78, 5) is 11.8. The lowest BCUT2D eigenvalue weighted by atomic mass is 9.99. The normalized spacial score (nSPS) is 17.4. The molecule has 0 aromatic heterocycles. The summed E-state index contributed by atoms with van der Waals surface area (Å²) in [7, 11) is 3.21. The van der Waals surface area contributed by atoms with Gasteiger partial charge in [0.2, 0.25) is 0 Å². The van der Waals surface area contributed by atoms with Gasteiger partial charge in [-0.2, -0.15) is 0 Å². The van der Waals surface area contributed by atoms with E-state index in [0.717, 1.165) is 17.6 Å². The minimum atomic E-state index is -0.335. The van der Waals surface area contributed by atoms with E-state index < -0.39 is 0 Å². The number of benzene rings is 1. The molecule has 108 valence electrons. The predicted molar refractivity (Wildman–Crippen MR) is 76.9 cm³/mol. The third-order valence-corrected chi connectivity index (χ3v) is 3.39. The SMILES string of the molecule is CCCC(=O)C1CC(c2ccc(OC)c(OC)c2)=CO1. The molecule has 0 saturated carbocycles. The van der Waals surface area contributed by atoms with E-state index in [1.165, 1.54) is 0 Å². The number of ether oxygens (including phenoxy) is 3. The molecule has 0 N–H and O–H groups in total. The van der Waals surface area contributed by atoms with E-state index in [1.807, 2.05) is 25.1 Å². The first kappa shape index (κ1) is 14.4. The number of Topliss-reactive ketones (excluding diaryl/α,β-unsaturated/α-hetero) is 1. The minimum absolute atomic E-state index is 0.166. The number of hydrogen-bond donors (Lipinski definition) is 0. The fraction of sp³-hybridized carbons (Fsp3) is 0.438. The summed E-state index contributed by atoms with van der Waals surface area (Å²) in [6, 6.07) is 5.71. The Balaban J connectivity index is 2.12. The van der Waals surface area contributed by atoms with Gasteiger partial charge >= 0.3 is 0 Å². The van der Waals surface area contributed by atoms with Gasteiger partial charge in [0.25, 0.3) is 0 Å². The molecule has 0 amide bonds. The van der Waals surface area contributed by atoms with Gasteiger partial charge in [-0.3, -0.25) is 4.79 Å². The Hall–Kier alpha value is -1.97. The Kier molecular flexibility index (Phi) is 4.66. The largest absolute Gasteiger partial charge is 0.493 e. The molecular formula is C16H20O4. The first-order valence-electron chi connectivity index (χ1n) is 6.79. The maximum Gasteiger partial charge on any atom is 0.173 e. The zero-order valence-electron chi connectivity index (χ0n) is 12.1. The van der Waals surface area contributed by atoms with E-state index in [2.05, 4.69) is 0 Å². The summed E-state index contributed by atoms with van der Waals surface area (Å²) in [5.41, 5.74) is 2.01. The Labute approximate surface area is 119 Å². The van der Waals surface area contributed by atoms with Gasteiger partial charge in [0, 0.05) is 12.8 Å². The van der Waals surface area contributed by atoms with Crippen molar-refractivity contribution >= 4 is 11.4 Å². The zero-order chi connectivity index (χ0) is 14.5. The van der Waals surface area contributed by atoms with Gasteiger partial charge in [0.1, 0.15) is 0 Å². The summed E-state index contributed by atoms with van der Waals surface area (Å²) in [5.74, 6) is 1.53. The Morgan fingerprint density at radius 3 is 2.70 bits per heavy atom. The Morgan fingerprint density at radius 1 is 1.30 bits per heavy atom. The smallest absolute Gasteiger partial charge is 0.173 e. The van der Waals surface area contributed by atoms with E-state index in [-0.39, 0.29) is 11.9 Å². The highest BCUT2D eigenvalue weighted by atomic mass is 16.5. The molecule has 4 heteroatoms. The van der Waals surface area contributed by atoms with E-state index in [0.29, 0.717) is 24.3 Å². The topological polar surface area (TPSA) is 44.8 Å². The standard InChI is InChI=1S/C16H20O4/c1-4-5-13(17)15-9-12(10-20-15)11-6-7-14(18-2)16(8-11)19-3/h6-8,10,15H,4-5,9H2,1-3H3. The van der Waals surface area contributed by atoms with Gasteiger partial charge < -0.3 is 14.2 Å². The molecule has 0 saturated heterocycles. The molecular weight excluding hydrogens is 256 g/mol. The molecule has 1 atom stereocenters. The molecule has 1 unspecified atom stereocenters. The van der Waals surface area contributed by atoms with Crippen molar-refractivity contribution in [3.8, 4) is 11.5 Å². The van der Waals surface area contributed by atoms with Crippen molar-refractivity contribution in [2.24, 2.45) is 0 Å². The summed E-state index contributed by atoms with van der Waals surface area (Å²) >= 11 is 0. The lowest BCUT2D eigenvalue weighted by molar-refractivity contribution is -0.126. The lowest BCUT2D eigenvalue weighted by Gasteiger charge is -2.10. The number of ketones is 1. The highest BCUT2D eigenvalue weighted by Gasteiger charge is 2.26. The number of carbonyl (C=O) groups is 1. The number of carbonyl (C=O) groups excluding carboxylic acids is 1. The monoisotopic (exact) mass is 276 g/mol. The van der Waals surface area contributed by atoms with Crippen LogP contribution in [0.15, 0.2) is 24.5 Å². The van der Waals surface area contributed by atoms with Crippen molar-refractivity contribution in [1.82, 2.24) is 0 Å². The third kappa shape index (κ3) is 2.95. The molecule has 1 aromatic rings. The van der Waals surface area contributed by atoms with Gasteiger partial charge in [0.05, 0.1) is 20.5 Å². The molecule has 0 aliphatic carbocycles. The fourth-order valence-electron chi connectivity index (χ4n) is 2.28. The van der Waals surface area contributed by atoms with Crippen LogP contribution in [0.3, 0.4) is 0 Å². The van der Waals surface area contributed by atoms with Crippen LogP contribution in [-0.4, -0.2) is 26.1 Å². The van der Waals surface area contributed by atoms with Crippen molar-refractivity contribution in [3.63, 3.8) is 0 Å². The molecule has 0 spiro atoms. The molecule has 1 aromatic carbocycles. The van der Waals surface area contributed by atoms with Crippen LogP contribution in [-0.2, 0) is 9.53 Å².